The van der Waals surface area contributed by atoms with Gasteiger partial charge in [-0.3, -0.25) is 9.78 Å². The summed E-state index contributed by atoms with van der Waals surface area (Å²) in [7, 11) is 1.62. The zero-order chi connectivity index (χ0) is 19.9. The van der Waals surface area contributed by atoms with Crippen LogP contribution in [0, 0.1) is 5.92 Å². The van der Waals surface area contributed by atoms with Crippen LogP contribution in [-0.4, -0.2) is 48.6 Å². The van der Waals surface area contributed by atoms with Crippen LogP contribution in [0.3, 0.4) is 0 Å². The molecule has 0 saturated carbocycles. The van der Waals surface area contributed by atoms with Crippen LogP contribution in [0.2, 0.25) is 0 Å². The molecule has 1 aliphatic heterocycles. The van der Waals surface area contributed by atoms with Gasteiger partial charge in [0.2, 0.25) is 5.91 Å². The number of rotatable bonds is 6. The number of nitrogens with one attached hydrogen (secondary N) is 2. The number of hydrogen-bond donors (Lipinski definition) is 2. The van der Waals surface area contributed by atoms with Gasteiger partial charge in [0.1, 0.15) is 5.75 Å². The highest BCUT2D eigenvalue weighted by Crippen LogP contribution is 2.34. The number of nitrogens with zero attached hydrogens (tertiary/aromatic N) is 2. The Hall–Kier alpha value is -3.09. The highest BCUT2D eigenvalue weighted by atomic mass is 16.5. The summed E-state index contributed by atoms with van der Waals surface area (Å²) in [5.74, 6) is 0.228. The molecular formula is C21H26N4O3. The van der Waals surface area contributed by atoms with Crippen molar-refractivity contribution in [2.24, 2.45) is 5.92 Å². The third-order valence-corrected chi connectivity index (χ3v) is 4.96. The van der Waals surface area contributed by atoms with E-state index in [0.717, 1.165) is 17.0 Å². The van der Waals surface area contributed by atoms with E-state index in [9.17, 15) is 9.59 Å². The number of amides is 3. The molecule has 2 unspecified atom stereocenters. The second-order valence-corrected chi connectivity index (χ2v) is 6.77. The number of hydrogen-bond acceptors (Lipinski definition) is 4. The Kier molecular flexibility index (Phi) is 6.47. The van der Waals surface area contributed by atoms with E-state index in [1.54, 1.807) is 18.2 Å². The quantitative estimate of drug-likeness (QED) is 0.802. The van der Waals surface area contributed by atoms with E-state index in [4.69, 9.17) is 4.74 Å². The molecule has 28 heavy (non-hydrogen) atoms. The summed E-state index contributed by atoms with van der Waals surface area (Å²) in [5.41, 5.74) is 1.79. The molecule has 1 aliphatic rings. The van der Waals surface area contributed by atoms with Gasteiger partial charge < -0.3 is 20.3 Å². The van der Waals surface area contributed by atoms with Crippen LogP contribution in [0.5, 0.6) is 5.75 Å². The largest absolute Gasteiger partial charge is 0.497 e. The van der Waals surface area contributed by atoms with Gasteiger partial charge in [-0.25, -0.2) is 4.79 Å². The molecule has 1 aromatic carbocycles. The Morgan fingerprint density at radius 3 is 2.75 bits per heavy atom. The molecule has 1 saturated heterocycles. The van der Waals surface area contributed by atoms with E-state index in [2.05, 4.69) is 15.6 Å². The molecule has 0 spiro atoms. The summed E-state index contributed by atoms with van der Waals surface area (Å²) in [4.78, 5) is 31.2. The second kappa shape index (κ2) is 9.21. The van der Waals surface area contributed by atoms with Crippen molar-refractivity contribution in [3.63, 3.8) is 0 Å². The molecule has 0 radical (unpaired) electrons. The van der Waals surface area contributed by atoms with Crippen molar-refractivity contribution in [1.29, 1.82) is 0 Å². The molecule has 1 fully saturated rings. The predicted molar refractivity (Wildman–Crippen MR) is 106 cm³/mol. The summed E-state index contributed by atoms with van der Waals surface area (Å²) in [6.07, 6.45) is 1.70. The van der Waals surface area contributed by atoms with E-state index in [1.807, 2.05) is 49.4 Å². The Bertz CT molecular complexity index is 812. The summed E-state index contributed by atoms with van der Waals surface area (Å²) in [6, 6.07) is 13.1. The number of carbonyl (C=O) groups excluding carboxylic acids is 2. The first-order chi connectivity index (χ1) is 13.6. The Morgan fingerprint density at radius 1 is 1.18 bits per heavy atom. The fourth-order valence-corrected chi connectivity index (χ4v) is 3.52. The maximum Gasteiger partial charge on any atom is 0.317 e. The van der Waals surface area contributed by atoms with Crippen LogP contribution in [0.25, 0.3) is 0 Å². The average molecular weight is 382 g/mol. The molecule has 1 aromatic heterocycles. The molecule has 0 aliphatic carbocycles. The maximum absolute atomic E-state index is 13.0. The number of likely N-dealkylation sites (tertiary alicyclic amines) is 1. The minimum Gasteiger partial charge on any atom is -0.497 e. The number of urea groups is 1. The van der Waals surface area contributed by atoms with Crippen LogP contribution in [0.15, 0.2) is 48.7 Å². The van der Waals surface area contributed by atoms with Crippen molar-refractivity contribution in [3.8, 4) is 5.75 Å². The van der Waals surface area contributed by atoms with Crippen LogP contribution >= 0.6 is 0 Å². The lowest BCUT2D eigenvalue weighted by Gasteiger charge is -2.18. The van der Waals surface area contributed by atoms with E-state index in [0.29, 0.717) is 26.2 Å². The van der Waals surface area contributed by atoms with Crippen molar-refractivity contribution in [2.45, 2.75) is 19.4 Å². The average Bonchev–Trinajstić information content (AvgIpc) is 3.19. The molecule has 2 N–H and O–H groups in total. The monoisotopic (exact) mass is 382 g/mol. The van der Waals surface area contributed by atoms with Crippen molar-refractivity contribution in [1.82, 2.24) is 20.5 Å². The molecule has 7 heteroatoms. The lowest BCUT2D eigenvalue weighted by atomic mass is 9.88. The Balaban J connectivity index is 1.77. The molecule has 2 aromatic rings. The molecule has 2 heterocycles. The first-order valence-corrected chi connectivity index (χ1v) is 9.46. The van der Waals surface area contributed by atoms with Crippen LogP contribution < -0.4 is 15.4 Å². The van der Waals surface area contributed by atoms with E-state index in [1.165, 1.54) is 0 Å². The van der Waals surface area contributed by atoms with Gasteiger partial charge in [0.15, 0.2) is 0 Å². The minimum absolute atomic E-state index is 0.0785. The van der Waals surface area contributed by atoms with Crippen LogP contribution in [0.4, 0.5) is 4.79 Å². The van der Waals surface area contributed by atoms with Gasteiger partial charge in [-0.05, 0) is 36.8 Å². The number of methoxy groups -OCH3 is 1. The molecular weight excluding hydrogens is 356 g/mol. The van der Waals surface area contributed by atoms with E-state index >= 15 is 0 Å². The van der Waals surface area contributed by atoms with Crippen molar-refractivity contribution in [2.75, 3.05) is 26.7 Å². The van der Waals surface area contributed by atoms with E-state index in [-0.39, 0.29) is 23.8 Å². The molecule has 148 valence electrons. The van der Waals surface area contributed by atoms with Gasteiger partial charge in [0.25, 0.3) is 0 Å². The highest BCUT2D eigenvalue weighted by molar-refractivity contribution is 5.83. The zero-order valence-corrected chi connectivity index (χ0v) is 16.2. The lowest BCUT2D eigenvalue weighted by Crippen LogP contribution is -2.39. The number of aromatic nitrogens is 1. The minimum atomic E-state index is -0.335. The summed E-state index contributed by atoms with van der Waals surface area (Å²) in [6.45, 7) is 3.66. The molecule has 7 nitrogen and oxygen atoms in total. The molecule has 0 bridgehead atoms. The number of benzene rings is 1. The summed E-state index contributed by atoms with van der Waals surface area (Å²) in [5, 5.41) is 5.79. The third-order valence-electron chi connectivity index (χ3n) is 4.96. The Morgan fingerprint density at radius 2 is 2.04 bits per heavy atom. The van der Waals surface area contributed by atoms with Gasteiger partial charge in [-0.1, -0.05) is 18.2 Å². The number of pyridine rings is 1. The first kappa shape index (κ1) is 19.7. The highest BCUT2D eigenvalue weighted by Gasteiger charge is 2.40. The number of carbonyl (C=O) groups is 2. The SMILES string of the molecule is CCNC(=O)N1CC(C(=O)NCc2ccccn2)C(c2cccc(OC)c2)C1. The predicted octanol–water partition coefficient (Wildman–Crippen LogP) is 2.15. The van der Waals surface area contributed by atoms with E-state index < -0.39 is 0 Å². The summed E-state index contributed by atoms with van der Waals surface area (Å²) >= 11 is 0. The van der Waals surface area contributed by atoms with Gasteiger partial charge in [-0.2, -0.15) is 0 Å². The second-order valence-electron chi connectivity index (χ2n) is 6.77. The fourth-order valence-electron chi connectivity index (χ4n) is 3.52. The lowest BCUT2D eigenvalue weighted by molar-refractivity contribution is -0.125. The molecule has 3 amide bonds. The van der Waals surface area contributed by atoms with Gasteiger partial charge in [0.05, 0.1) is 25.3 Å². The van der Waals surface area contributed by atoms with Gasteiger partial charge in [0, 0.05) is 31.7 Å². The van der Waals surface area contributed by atoms with Gasteiger partial charge in [-0.15, -0.1) is 0 Å². The van der Waals surface area contributed by atoms with Crippen molar-refractivity contribution < 1.29 is 14.3 Å². The standard InChI is InChI=1S/C21H26N4O3/c1-3-22-21(27)25-13-18(15-7-6-9-17(11-15)28-2)19(14-25)20(26)24-12-16-8-4-5-10-23-16/h4-11,18-19H,3,12-14H2,1-2H3,(H,22,27)(H,24,26). The van der Waals surface area contributed by atoms with Crippen molar-refractivity contribution in [3.05, 3.63) is 59.9 Å². The van der Waals surface area contributed by atoms with Crippen molar-refractivity contribution >= 4 is 11.9 Å². The summed E-state index contributed by atoms with van der Waals surface area (Å²) < 4.78 is 5.33. The van der Waals surface area contributed by atoms with Gasteiger partial charge >= 0.3 is 6.03 Å². The Labute approximate surface area is 165 Å². The third kappa shape index (κ3) is 4.60. The number of ether oxygens (including phenoxy) is 1. The zero-order valence-electron chi connectivity index (χ0n) is 16.2. The molecule has 3 rings (SSSR count). The smallest absolute Gasteiger partial charge is 0.317 e. The van der Waals surface area contributed by atoms with Crippen LogP contribution in [0.1, 0.15) is 24.1 Å². The van der Waals surface area contributed by atoms with Crippen LogP contribution in [-0.2, 0) is 11.3 Å². The maximum atomic E-state index is 13.0. The fraction of sp³-hybridized carbons (Fsp3) is 0.381. The first-order valence-electron chi connectivity index (χ1n) is 9.46. The molecule has 2 atom stereocenters. The topological polar surface area (TPSA) is 83.6 Å². The normalized spacial score (nSPS) is 18.6.